The molecule has 1 amide bonds. The first kappa shape index (κ1) is 24.1. The van der Waals surface area contributed by atoms with Gasteiger partial charge in [-0.1, -0.05) is 18.5 Å². The molecule has 0 radical (unpaired) electrons. The van der Waals surface area contributed by atoms with Crippen molar-refractivity contribution in [3.8, 4) is 17.0 Å². The van der Waals surface area contributed by atoms with E-state index in [1.807, 2.05) is 6.92 Å². The summed E-state index contributed by atoms with van der Waals surface area (Å²) in [6.07, 6.45) is -1.89. The molecule has 4 heterocycles. The first-order chi connectivity index (χ1) is 17.1. The first-order valence-corrected chi connectivity index (χ1v) is 11.4. The van der Waals surface area contributed by atoms with Crippen LogP contribution in [-0.2, 0) is 0 Å². The lowest BCUT2D eigenvalue weighted by Crippen LogP contribution is -2.36. The molecular weight excluding hydrogens is 500 g/mol. The number of pyridine rings is 1. The highest BCUT2D eigenvalue weighted by Gasteiger charge is 2.43. The minimum Gasteiger partial charge on any atom is -0.490 e. The fourth-order valence-electron chi connectivity index (χ4n) is 4.17. The van der Waals surface area contributed by atoms with Gasteiger partial charge in [0.2, 0.25) is 0 Å². The number of hydrogen-bond donors (Lipinski definition) is 1. The average molecular weight is 519 g/mol. The van der Waals surface area contributed by atoms with Crippen LogP contribution < -0.4 is 10.1 Å². The van der Waals surface area contributed by atoms with Gasteiger partial charge in [-0.05, 0) is 42.5 Å². The molecule has 0 saturated heterocycles. The van der Waals surface area contributed by atoms with Crippen LogP contribution in [0.3, 0.4) is 0 Å². The highest BCUT2D eigenvalue weighted by molar-refractivity contribution is 6.36. The molecule has 3 aromatic heterocycles. The fourth-order valence-corrected chi connectivity index (χ4v) is 4.45. The quantitative estimate of drug-likeness (QED) is 0.341. The number of benzene rings is 1. The molecule has 0 saturated carbocycles. The summed E-state index contributed by atoms with van der Waals surface area (Å²) in [6, 6.07) is 9.96. The lowest BCUT2D eigenvalue weighted by atomic mass is 9.95. The van der Waals surface area contributed by atoms with Crippen molar-refractivity contribution in [1.82, 2.24) is 19.9 Å². The Morgan fingerprint density at radius 2 is 2.03 bits per heavy atom. The van der Waals surface area contributed by atoms with Crippen LogP contribution in [0, 0.1) is 5.82 Å². The summed E-state index contributed by atoms with van der Waals surface area (Å²) in [5.74, 6) is -3.17. The molecule has 2 atom stereocenters. The number of carbonyl (C=O) groups is 1. The number of hydrogen-bond acceptors (Lipinski definition) is 4. The van der Waals surface area contributed by atoms with E-state index in [0.29, 0.717) is 22.4 Å². The summed E-state index contributed by atoms with van der Waals surface area (Å²) in [6.45, 7) is 1.35. The molecule has 1 aliphatic heterocycles. The Kier molecular flexibility index (Phi) is 6.07. The lowest BCUT2D eigenvalue weighted by Gasteiger charge is -2.22. The third-order valence-corrected chi connectivity index (χ3v) is 6.51. The van der Waals surface area contributed by atoms with Crippen LogP contribution in [0.1, 0.15) is 40.4 Å². The van der Waals surface area contributed by atoms with E-state index >= 15 is 0 Å². The Morgan fingerprint density at radius 3 is 2.75 bits per heavy atom. The van der Waals surface area contributed by atoms with Gasteiger partial charge in [0.1, 0.15) is 23.2 Å². The molecule has 11 heteroatoms. The van der Waals surface area contributed by atoms with Gasteiger partial charge >= 0.3 is 6.18 Å². The van der Waals surface area contributed by atoms with Gasteiger partial charge in [-0.2, -0.15) is 18.3 Å². The van der Waals surface area contributed by atoms with Gasteiger partial charge in [0.15, 0.2) is 0 Å². The highest BCUT2D eigenvalue weighted by atomic mass is 35.5. The number of alkyl halides is 3. The van der Waals surface area contributed by atoms with Crippen LogP contribution >= 0.6 is 11.6 Å². The molecule has 0 fully saturated rings. The molecule has 1 aliphatic rings. The lowest BCUT2D eigenvalue weighted by molar-refractivity contribution is -0.149. The van der Waals surface area contributed by atoms with Crippen molar-refractivity contribution in [2.24, 2.45) is 0 Å². The number of nitrogens with zero attached hydrogens (tertiary/aromatic N) is 3. The monoisotopic (exact) mass is 518 g/mol. The van der Waals surface area contributed by atoms with Crippen LogP contribution in [0.5, 0.6) is 5.75 Å². The van der Waals surface area contributed by atoms with E-state index in [1.54, 1.807) is 18.3 Å². The van der Waals surface area contributed by atoms with Crippen LogP contribution in [0.15, 0.2) is 54.9 Å². The summed E-state index contributed by atoms with van der Waals surface area (Å²) >= 11 is 6.28. The first-order valence-electron chi connectivity index (χ1n) is 11.0. The van der Waals surface area contributed by atoms with E-state index < -0.39 is 30.4 Å². The van der Waals surface area contributed by atoms with Gasteiger partial charge in [-0.3, -0.25) is 4.79 Å². The molecule has 0 bridgehead atoms. The minimum atomic E-state index is -4.72. The third-order valence-electron chi connectivity index (χ3n) is 6.11. The number of amides is 1. The Balaban J connectivity index is 1.49. The van der Waals surface area contributed by atoms with Gasteiger partial charge in [-0.25, -0.2) is 13.9 Å². The summed E-state index contributed by atoms with van der Waals surface area (Å²) in [4.78, 5) is 17.1. The maximum absolute atomic E-state index is 14.2. The van der Waals surface area contributed by atoms with Crippen molar-refractivity contribution < 1.29 is 27.1 Å². The van der Waals surface area contributed by atoms with Gasteiger partial charge in [0.25, 0.3) is 5.91 Å². The molecule has 5 rings (SSSR count). The third kappa shape index (κ3) is 4.37. The Labute approximate surface area is 207 Å². The summed E-state index contributed by atoms with van der Waals surface area (Å²) < 4.78 is 63.3. The molecule has 0 aliphatic carbocycles. The van der Waals surface area contributed by atoms with Crippen LogP contribution in [0.25, 0.3) is 16.8 Å². The molecule has 4 aromatic rings. The molecule has 1 N–H and O–H groups in total. The number of fused-ring (bicyclic) bond motifs is 2. The smallest absolute Gasteiger partial charge is 0.398 e. The largest absolute Gasteiger partial charge is 0.490 e. The van der Waals surface area contributed by atoms with E-state index in [4.69, 9.17) is 16.3 Å². The topological polar surface area (TPSA) is 68.5 Å². The number of ether oxygens (including phenoxy) is 1. The zero-order chi connectivity index (χ0) is 25.6. The van der Waals surface area contributed by atoms with Crippen LogP contribution in [-0.4, -0.2) is 39.8 Å². The number of rotatable bonds is 5. The van der Waals surface area contributed by atoms with E-state index in [0.717, 1.165) is 0 Å². The zero-order valence-electron chi connectivity index (χ0n) is 18.8. The van der Waals surface area contributed by atoms with Gasteiger partial charge in [0, 0.05) is 29.8 Å². The number of nitrogens with one attached hydrogen (secondary N) is 1. The molecule has 6 nitrogen and oxygen atoms in total. The predicted octanol–water partition coefficient (Wildman–Crippen LogP) is 5.76. The summed E-state index contributed by atoms with van der Waals surface area (Å²) in [5, 5.41) is 6.47. The second-order valence-corrected chi connectivity index (χ2v) is 8.93. The predicted molar refractivity (Wildman–Crippen MR) is 125 cm³/mol. The van der Waals surface area contributed by atoms with Crippen molar-refractivity contribution in [2.45, 2.75) is 24.9 Å². The maximum atomic E-state index is 14.2. The number of halogens is 5. The normalized spacial score (nSPS) is 16.0. The van der Waals surface area contributed by atoms with E-state index in [1.165, 1.54) is 41.0 Å². The molecular formula is C25H19ClF4N4O2. The van der Waals surface area contributed by atoms with Crippen molar-refractivity contribution in [3.63, 3.8) is 0 Å². The van der Waals surface area contributed by atoms with Crippen molar-refractivity contribution in [2.75, 3.05) is 13.2 Å². The second-order valence-electron chi connectivity index (χ2n) is 8.55. The van der Waals surface area contributed by atoms with Crippen molar-refractivity contribution in [1.29, 1.82) is 0 Å². The minimum absolute atomic E-state index is 0.0419. The SMILES string of the molecule is CC1COc2c1cc(C(CNC(=O)c1cnn3cccc3c1Cl)C(F)(F)F)nc2-c1ccc(F)cc1. The van der Waals surface area contributed by atoms with Crippen LogP contribution in [0.4, 0.5) is 17.6 Å². The Hall–Kier alpha value is -3.66. The van der Waals surface area contributed by atoms with Crippen molar-refractivity contribution >= 4 is 23.0 Å². The number of aromatic nitrogens is 3. The maximum Gasteiger partial charge on any atom is 0.398 e. The summed E-state index contributed by atoms with van der Waals surface area (Å²) in [7, 11) is 0. The molecule has 1 aromatic carbocycles. The fraction of sp³-hybridized carbons (Fsp3) is 0.240. The molecule has 0 spiro atoms. The van der Waals surface area contributed by atoms with Crippen molar-refractivity contribution in [3.05, 3.63) is 82.5 Å². The standard InChI is InChI=1S/C25H19ClF4N4O2/c1-13-12-36-23-16(13)9-19(33-22(23)14-4-6-15(27)7-5-14)18(25(28,29)30)11-31-24(35)17-10-32-34-8-2-3-20(34)21(17)26/h2-10,13,18H,11-12H2,1H3,(H,31,35). The van der Waals surface area contributed by atoms with E-state index in [9.17, 15) is 22.4 Å². The van der Waals surface area contributed by atoms with E-state index in [-0.39, 0.29) is 34.5 Å². The van der Waals surface area contributed by atoms with Gasteiger partial charge < -0.3 is 10.1 Å². The molecule has 36 heavy (non-hydrogen) atoms. The van der Waals surface area contributed by atoms with E-state index in [2.05, 4.69) is 15.4 Å². The Morgan fingerprint density at radius 1 is 1.28 bits per heavy atom. The highest BCUT2D eigenvalue weighted by Crippen LogP contribution is 2.44. The zero-order valence-corrected chi connectivity index (χ0v) is 19.6. The Bertz CT molecular complexity index is 1450. The van der Waals surface area contributed by atoms with Gasteiger partial charge in [0.05, 0.1) is 34.6 Å². The van der Waals surface area contributed by atoms with Crippen LogP contribution in [0.2, 0.25) is 5.02 Å². The molecule has 2 unspecified atom stereocenters. The average Bonchev–Trinajstić information content (AvgIpc) is 3.46. The summed E-state index contributed by atoms with van der Waals surface area (Å²) in [5.41, 5.74) is 1.33. The molecule has 186 valence electrons. The van der Waals surface area contributed by atoms with Gasteiger partial charge in [-0.15, -0.1) is 0 Å². The second kappa shape index (κ2) is 9.09. The number of carbonyl (C=O) groups excluding carboxylic acids is 1.